The second-order valence-electron chi connectivity index (χ2n) is 7.05. The maximum absolute atomic E-state index is 12.2. The van der Waals surface area contributed by atoms with Gasteiger partial charge in [0, 0.05) is 37.3 Å². The van der Waals surface area contributed by atoms with Gasteiger partial charge >= 0.3 is 6.03 Å². The van der Waals surface area contributed by atoms with Gasteiger partial charge in [0.15, 0.2) is 0 Å². The average Bonchev–Trinajstić information content (AvgIpc) is 2.67. The van der Waals surface area contributed by atoms with Crippen LogP contribution in [0.25, 0.3) is 0 Å². The highest BCUT2D eigenvalue weighted by Gasteiger charge is 2.37. The molecule has 1 aliphatic rings. The predicted molar refractivity (Wildman–Crippen MR) is 104 cm³/mol. The number of amides is 3. The van der Waals surface area contributed by atoms with Crippen molar-refractivity contribution >= 4 is 11.9 Å². The second kappa shape index (κ2) is 9.71. The maximum Gasteiger partial charge on any atom is 0.321 e. The highest BCUT2D eigenvalue weighted by atomic mass is 16.5. The number of rotatable bonds is 7. The van der Waals surface area contributed by atoms with Crippen LogP contribution in [0.4, 0.5) is 4.79 Å². The highest BCUT2D eigenvalue weighted by Crippen LogP contribution is 2.40. The van der Waals surface area contributed by atoms with E-state index in [-0.39, 0.29) is 11.3 Å². The topological polar surface area (TPSA) is 88.7 Å². The summed E-state index contributed by atoms with van der Waals surface area (Å²) in [5.41, 5.74) is 2.12. The normalized spacial score (nSPS) is 17.0. The molecule has 3 amide bonds. The van der Waals surface area contributed by atoms with E-state index in [1.165, 1.54) is 5.56 Å². The van der Waals surface area contributed by atoms with Crippen LogP contribution in [0.1, 0.15) is 37.8 Å². The van der Waals surface area contributed by atoms with Gasteiger partial charge in [0.2, 0.25) is 5.91 Å². The molecule has 1 aromatic carbocycles. The second-order valence-corrected chi connectivity index (χ2v) is 7.05. The number of nitrogens with one attached hydrogen (secondary N) is 3. The van der Waals surface area contributed by atoms with E-state index in [1.807, 2.05) is 12.1 Å². The number of aryl methyl sites for hydroxylation is 1. The fraction of sp³-hybridized carbons (Fsp3) is 0.600. The van der Waals surface area contributed by atoms with Crippen LogP contribution in [0.3, 0.4) is 0 Å². The van der Waals surface area contributed by atoms with Crippen LogP contribution in [0.5, 0.6) is 5.75 Å². The lowest BCUT2D eigenvalue weighted by molar-refractivity contribution is -0.121. The molecule has 1 heterocycles. The zero-order valence-corrected chi connectivity index (χ0v) is 16.7. The lowest BCUT2D eigenvalue weighted by Crippen LogP contribution is -2.52. The minimum absolute atomic E-state index is 0.185. The van der Waals surface area contributed by atoms with Crippen molar-refractivity contribution < 1.29 is 19.1 Å². The molecule has 0 bridgehead atoms. The van der Waals surface area contributed by atoms with Gasteiger partial charge in [0.1, 0.15) is 5.75 Å². The summed E-state index contributed by atoms with van der Waals surface area (Å²) in [4.78, 5) is 23.8. The number of benzene rings is 1. The zero-order chi connectivity index (χ0) is 19.9. The molecule has 1 fully saturated rings. The average molecular weight is 377 g/mol. The molecule has 2 rings (SSSR count). The van der Waals surface area contributed by atoms with Crippen molar-refractivity contribution in [1.82, 2.24) is 16.0 Å². The SMILES string of the molecule is CCNC(=O)NC(=O)[C@H](C)NCC1(c2cc(C)ccc2OC)CCOCC1. The van der Waals surface area contributed by atoms with Crippen molar-refractivity contribution in [2.45, 2.75) is 45.1 Å². The third-order valence-corrected chi connectivity index (χ3v) is 5.09. The van der Waals surface area contributed by atoms with Crippen molar-refractivity contribution in [3.05, 3.63) is 29.3 Å². The van der Waals surface area contributed by atoms with E-state index in [1.54, 1.807) is 21.0 Å². The molecule has 0 aromatic heterocycles. The number of ether oxygens (including phenoxy) is 2. The van der Waals surface area contributed by atoms with Crippen molar-refractivity contribution in [1.29, 1.82) is 0 Å². The molecule has 7 nitrogen and oxygen atoms in total. The van der Waals surface area contributed by atoms with Crippen molar-refractivity contribution in [3.8, 4) is 5.75 Å². The van der Waals surface area contributed by atoms with E-state index in [0.717, 1.165) is 24.2 Å². The lowest BCUT2D eigenvalue weighted by atomic mass is 9.73. The summed E-state index contributed by atoms with van der Waals surface area (Å²) < 4.78 is 11.2. The molecule has 150 valence electrons. The first-order valence-corrected chi connectivity index (χ1v) is 9.47. The number of hydrogen-bond acceptors (Lipinski definition) is 5. The van der Waals surface area contributed by atoms with E-state index in [0.29, 0.717) is 26.3 Å². The first-order valence-electron chi connectivity index (χ1n) is 9.47. The van der Waals surface area contributed by atoms with Gasteiger partial charge < -0.3 is 20.1 Å². The molecular formula is C20H31N3O4. The molecular weight excluding hydrogens is 346 g/mol. The Kier molecular flexibility index (Phi) is 7.62. The number of imide groups is 1. The molecule has 0 aliphatic carbocycles. The Morgan fingerprint density at radius 2 is 2.00 bits per heavy atom. The van der Waals surface area contributed by atoms with Gasteiger partial charge in [-0.3, -0.25) is 10.1 Å². The summed E-state index contributed by atoms with van der Waals surface area (Å²) in [5, 5.41) is 8.22. The van der Waals surface area contributed by atoms with E-state index in [4.69, 9.17) is 9.47 Å². The Balaban J connectivity index is 2.14. The Morgan fingerprint density at radius 3 is 2.63 bits per heavy atom. The van der Waals surface area contributed by atoms with Gasteiger partial charge in [-0.25, -0.2) is 4.79 Å². The van der Waals surface area contributed by atoms with Crippen LogP contribution in [-0.2, 0) is 14.9 Å². The van der Waals surface area contributed by atoms with Crippen molar-refractivity contribution in [3.63, 3.8) is 0 Å². The smallest absolute Gasteiger partial charge is 0.321 e. The van der Waals surface area contributed by atoms with Gasteiger partial charge in [-0.15, -0.1) is 0 Å². The van der Waals surface area contributed by atoms with Gasteiger partial charge in [0.25, 0.3) is 0 Å². The number of urea groups is 1. The minimum atomic E-state index is -0.497. The number of hydrogen-bond donors (Lipinski definition) is 3. The van der Waals surface area contributed by atoms with Crippen LogP contribution in [0.15, 0.2) is 18.2 Å². The molecule has 1 aliphatic heterocycles. The van der Waals surface area contributed by atoms with Crippen LogP contribution in [0, 0.1) is 6.92 Å². The summed E-state index contributed by atoms with van der Waals surface area (Å²) >= 11 is 0. The summed E-state index contributed by atoms with van der Waals surface area (Å²) in [6.07, 6.45) is 1.68. The van der Waals surface area contributed by atoms with Gasteiger partial charge in [-0.2, -0.15) is 0 Å². The standard InChI is InChI=1S/C20H31N3O4/c1-5-21-19(25)23-18(24)15(3)22-13-20(8-10-27-11-9-20)16-12-14(2)6-7-17(16)26-4/h6-7,12,15,22H,5,8-11,13H2,1-4H3,(H2,21,23,24,25)/t15-/m0/s1. The molecule has 1 saturated heterocycles. The summed E-state index contributed by atoms with van der Waals surface area (Å²) in [5.74, 6) is 0.503. The summed E-state index contributed by atoms with van der Waals surface area (Å²) in [6.45, 7) is 8.02. The van der Waals surface area contributed by atoms with Crippen LogP contribution in [-0.4, -0.2) is 51.4 Å². The molecule has 1 atom stereocenters. The maximum atomic E-state index is 12.2. The lowest BCUT2D eigenvalue weighted by Gasteiger charge is -2.39. The molecule has 0 saturated carbocycles. The summed E-state index contributed by atoms with van der Waals surface area (Å²) in [6, 6.07) is 5.21. The van der Waals surface area contributed by atoms with Gasteiger partial charge in [-0.05, 0) is 39.7 Å². The molecule has 7 heteroatoms. The van der Waals surface area contributed by atoms with E-state index in [2.05, 4.69) is 28.9 Å². The Morgan fingerprint density at radius 1 is 1.30 bits per heavy atom. The van der Waals surface area contributed by atoms with Crippen molar-refractivity contribution in [2.75, 3.05) is 33.4 Å². The van der Waals surface area contributed by atoms with E-state index in [9.17, 15) is 9.59 Å². The minimum Gasteiger partial charge on any atom is -0.496 e. The monoisotopic (exact) mass is 377 g/mol. The molecule has 0 spiro atoms. The first kappa shape index (κ1) is 21.2. The largest absolute Gasteiger partial charge is 0.496 e. The first-order chi connectivity index (χ1) is 12.9. The van der Waals surface area contributed by atoms with Crippen LogP contribution < -0.4 is 20.7 Å². The van der Waals surface area contributed by atoms with Gasteiger partial charge in [-0.1, -0.05) is 17.7 Å². The third-order valence-electron chi connectivity index (χ3n) is 5.09. The van der Waals surface area contributed by atoms with Gasteiger partial charge in [0.05, 0.1) is 13.2 Å². The van der Waals surface area contributed by atoms with Crippen LogP contribution >= 0.6 is 0 Å². The Bertz CT molecular complexity index is 657. The Labute approximate surface area is 161 Å². The molecule has 27 heavy (non-hydrogen) atoms. The fourth-order valence-electron chi connectivity index (χ4n) is 3.41. The third kappa shape index (κ3) is 5.43. The number of carbonyl (C=O) groups is 2. The predicted octanol–water partition coefficient (Wildman–Crippen LogP) is 1.88. The van der Waals surface area contributed by atoms with E-state index < -0.39 is 12.1 Å². The quantitative estimate of drug-likeness (QED) is 0.675. The van der Waals surface area contributed by atoms with E-state index >= 15 is 0 Å². The fourth-order valence-corrected chi connectivity index (χ4v) is 3.41. The molecule has 3 N–H and O–H groups in total. The number of carbonyl (C=O) groups excluding carboxylic acids is 2. The van der Waals surface area contributed by atoms with Crippen molar-refractivity contribution in [2.24, 2.45) is 0 Å². The number of methoxy groups -OCH3 is 1. The summed E-state index contributed by atoms with van der Waals surface area (Å²) in [7, 11) is 1.68. The zero-order valence-electron chi connectivity index (χ0n) is 16.7. The highest BCUT2D eigenvalue weighted by molar-refractivity contribution is 5.96. The Hall–Kier alpha value is -2.12. The molecule has 1 aromatic rings. The molecule has 0 radical (unpaired) electrons. The van der Waals surface area contributed by atoms with Crippen LogP contribution in [0.2, 0.25) is 0 Å². The molecule has 0 unspecified atom stereocenters.